The number of nitrogens with one attached hydrogen (secondary N) is 1. The van der Waals surface area contributed by atoms with Crippen LogP contribution in [0.4, 0.5) is 18.9 Å². The molecule has 0 unspecified atom stereocenters. The minimum absolute atomic E-state index is 0.0383. The van der Waals surface area contributed by atoms with Crippen LogP contribution in [0.15, 0.2) is 12.3 Å². The Bertz CT molecular complexity index is 523. The van der Waals surface area contributed by atoms with Crippen molar-refractivity contribution in [2.45, 2.75) is 25.9 Å². The summed E-state index contributed by atoms with van der Waals surface area (Å²) >= 11 is 0. The summed E-state index contributed by atoms with van der Waals surface area (Å²) in [5.74, 6) is -1.58. The Kier molecular flexibility index (Phi) is 4.39. The number of pyridine rings is 1. The van der Waals surface area contributed by atoms with Gasteiger partial charge in [-0.15, -0.1) is 0 Å². The maximum Gasteiger partial charge on any atom is 0.391 e. The third kappa shape index (κ3) is 3.46. The standard InChI is InChI=1S/C14H18F3N3O/c1-9-7-12(18-2)11(8-19-9)13(21)20-5-3-10(4-6-20)14(15,16)17/h7-8,10H,3-6H2,1-2H3,(H,18,19). The lowest BCUT2D eigenvalue weighted by atomic mass is 9.96. The van der Waals surface area contributed by atoms with Crippen LogP contribution in [0.2, 0.25) is 0 Å². The number of nitrogens with zero attached hydrogens (tertiary/aromatic N) is 2. The van der Waals surface area contributed by atoms with E-state index < -0.39 is 12.1 Å². The van der Waals surface area contributed by atoms with Crippen LogP contribution in [0.5, 0.6) is 0 Å². The highest BCUT2D eigenvalue weighted by Gasteiger charge is 2.41. The zero-order valence-electron chi connectivity index (χ0n) is 12.0. The van der Waals surface area contributed by atoms with Gasteiger partial charge < -0.3 is 10.2 Å². The molecule has 1 fully saturated rings. The van der Waals surface area contributed by atoms with Crippen molar-refractivity contribution in [3.05, 3.63) is 23.5 Å². The molecule has 1 N–H and O–H groups in total. The van der Waals surface area contributed by atoms with Gasteiger partial charge in [-0.25, -0.2) is 0 Å². The average Bonchev–Trinajstić information content (AvgIpc) is 2.45. The number of amides is 1. The second kappa shape index (κ2) is 5.91. The highest BCUT2D eigenvalue weighted by Crippen LogP contribution is 2.34. The van der Waals surface area contributed by atoms with Gasteiger partial charge in [-0.1, -0.05) is 0 Å². The molecule has 2 heterocycles. The predicted octanol–water partition coefficient (Wildman–Crippen LogP) is 2.85. The Morgan fingerprint density at radius 2 is 2.00 bits per heavy atom. The van der Waals surface area contributed by atoms with E-state index in [-0.39, 0.29) is 31.8 Å². The van der Waals surface area contributed by atoms with Gasteiger partial charge in [0.2, 0.25) is 0 Å². The smallest absolute Gasteiger partial charge is 0.387 e. The molecule has 1 saturated heterocycles. The van der Waals surface area contributed by atoms with E-state index in [2.05, 4.69) is 10.3 Å². The van der Waals surface area contributed by atoms with Crippen LogP contribution in [0, 0.1) is 12.8 Å². The second-order valence-electron chi connectivity index (χ2n) is 5.23. The lowest BCUT2D eigenvalue weighted by Crippen LogP contribution is -2.42. The molecule has 0 aromatic carbocycles. The van der Waals surface area contributed by atoms with E-state index in [1.165, 1.54) is 11.1 Å². The first-order chi connectivity index (χ1) is 9.82. The number of likely N-dealkylation sites (tertiary alicyclic amines) is 1. The topological polar surface area (TPSA) is 45.2 Å². The molecule has 1 aromatic heterocycles. The normalized spacial score (nSPS) is 16.9. The van der Waals surface area contributed by atoms with Crippen molar-refractivity contribution in [2.24, 2.45) is 5.92 Å². The zero-order chi connectivity index (χ0) is 15.6. The summed E-state index contributed by atoms with van der Waals surface area (Å²) in [5, 5.41) is 2.92. The average molecular weight is 301 g/mol. The summed E-state index contributed by atoms with van der Waals surface area (Å²) in [6, 6.07) is 1.75. The third-order valence-corrected chi connectivity index (χ3v) is 3.79. The van der Waals surface area contributed by atoms with Gasteiger partial charge in [0, 0.05) is 32.0 Å². The van der Waals surface area contributed by atoms with Crippen molar-refractivity contribution >= 4 is 11.6 Å². The molecule has 7 heteroatoms. The van der Waals surface area contributed by atoms with Crippen molar-refractivity contribution in [2.75, 3.05) is 25.5 Å². The molecule has 2 rings (SSSR count). The van der Waals surface area contributed by atoms with Crippen LogP contribution >= 0.6 is 0 Å². The first kappa shape index (κ1) is 15.6. The fourth-order valence-corrected chi connectivity index (χ4v) is 2.52. The maximum absolute atomic E-state index is 12.6. The van der Waals surface area contributed by atoms with Crippen molar-refractivity contribution in [1.29, 1.82) is 0 Å². The fourth-order valence-electron chi connectivity index (χ4n) is 2.52. The van der Waals surface area contributed by atoms with E-state index in [0.29, 0.717) is 11.3 Å². The van der Waals surface area contributed by atoms with E-state index in [0.717, 1.165) is 5.69 Å². The predicted molar refractivity (Wildman–Crippen MR) is 73.2 cm³/mol. The second-order valence-corrected chi connectivity index (χ2v) is 5.23. The molecule has 0 atom stereocenters. The number of carbonyl (C=O) groups is 1. The van der Waals surface area contributed by atoms with Crippen molar-refractivity contribution in [3.8, 4) is 0 Å². The molecule has 1 amide bonds. The number of carbonyl (C=O) groups excluding carboxylic acids is 1. The van der Waals surface area contributed by atoms with Gasteiger partial charge in [-0.3, -0.25) is 9.78 Å². The first-order valence-electron chi connectivity index (χ1n) is 6.83. The van der Waals surface area contributed by atoms with E-state index >= 15 is 0 Å². The van der Waals surface area contributed by atoms with Crippen molar-refractivity contribution in [1.82, 2.24) is 9.88 Å². The highest BCUT2D eigenvalue weighted by molar-refractivity contribution is 5.99. The molecule has 0 spiro atoms. The minimum atomic E-state index is -4.17. The summed E-state index contributed by atoms with van der Waals surface area (Å²) in [6.07, 6.45) is -2.77. The molecule has 1 aliphatic rings. The number of hydrogen-bond acceptors (Lipinski definition) is 3. The lowest BCUT2D eigenvalue weighted by Gasteiger charge is -2.33. The fraction of sp³-hybridized carbons (Fsp3) is 0.571. The molecule has 21 heavy (non-hydrogen) atoms. The van der Waals surface area contributed by atoms with Gasteiger partial charge >= 0.3 is 6.18 Å². The molecule has 116 valence electrons. The first-order valence-corrected chi connectivity index (χ1v) is 6.83. The van der Waals surface area contributed by atoms with Crippen LogP contribution in [0.3, 0.4) is 0 Å². The van der Waals surface area contributed by atoms with Gasteiger partial charge in [0.25, 0.3) is 5.91 Å². The summed E-state index contributed by atoms with van der Waals surface area (Å²) in [7, 11) is 1.70. The number of alkyl halides is 3. The molecule has 0 radical (unpaired) electrons. The molecular weight excluding hydrogens is 283 g/mol. The Balaban J connectivity index is 2.09. The van der Waals surface area contributed by atoms with Gasteiger partial charge in [-0.2, -0.15) is 13.2 Å². The molecule has 1 aliphatic heterocycles. The van der Waals surface area contributed by atoms with Crippen LogP contribution < -0.4 is 5.32 Å². The Morgan fingerprint density at radius 3 is 2.52 bits per heavy atom. The highest BCUT2D eigenvalue weighted by atomic mass is 19.4. The van der Waals surface area contributed by atoms with Crippen molar-refractivity contribution < 1.29 is 18.0 Å². The van der Waals surface area contributed by atoms with Gasteiger partial charge in [0.1, 0.15) is 0 Å². The van der Waals surface area contributed by atoms with Crippen LogP contribution in [-0.2, 0) is 0 Å². The summed E-state index contributed by atoms with van der Waals surface area (Å²) in [5.41, 5.74) is 1.81. The minimum Gasteiger partial charge on any atom is -0.387 e. The van der Waals surface area contributed by atoms with Crippen molar-refractivity contribution in [3.63, 3.8) is 0 Å². The number of rotatable bonds is 2. The number of anilines is 1. The van der Waals surface area contributed by atoms with Crippen LogP contribution in [0.25, 0.3) is 0 Å². The monoisotopic (exact) mass is 301 g/mol. The molecule has 0 bridgehead atoms. The Morgan fingerprint density at radius 1 is 1.38 bits per heavy atom. The van der Waals surface area contributed by atoms with E-state index in [1.54, 1.807) is 13.1 Å². The number of hydrogen-bond donors (Lipinski definition) is 1. The largest absolute Gasteiger partial charge is 0.391 e. The number of halogens is 3. The molecule has 0 saturated carbocycles. The van der Waals surface area contributed by atoms with Gasteiger partial charge in [0.05, 0.1) is 17.2 Å². The van der Waals surface area contributed by atoms with Gasteiger partial charge in [-0.05, 0) is 25.8 Å². The molecule has 1 aromatic rings. The SMILES string of the molecule is CNc1cc(C)ncc1C(=O)N1CCC(C(F)(F)F)CC1. The van der Waals surface area contributed by atoms with Gasteiger partial charge in [0.15, 0.2) is 0 Å². The zero-order valence-corrected chi connectivity index (χ0v) is 12.0. The van der Waals surface area contributed by atoms with Crippen LogP contribution in [-0.4, -0.2) is 42.1 Å². The molecule has 4 nitrogen and oxygen atoms in total. The molecule has 0 aliphatic carbocycles. The van der Waals surface area contributed by atoms with Crippen LogP contribution in [0.1, 0.15) is 28.9 Å². The number of aryl methyl sites for hydroxylation is 1. The Hall–Kier alpha value is -1.79. The summed E-state index contributed by atoms with van der Waals surface area (Å²) in [4.78, 5) is 18.0. The van der Waals surface area contributed by atoms with E-state index in [4.69, 9.17) is 0 Å². The number of piperidine rings is 1. The van der Waals surface area contributed by atoms with E-state index in [9.17, 15) is 18.0 Å². The van der Waals surface area contributed by atoms with E-state index in [1.807, 2.05) is 6.92 Å². The Labute approximate surface area is 121 Å². The molecular formula is C14H18F3N3O. The lowest BCUT2D eigenvalue weighted by molar-refractivity contribution is -0.183. The maximum atomic E-state index is 12.6. The third-order valence-electron chi connectivity index (χ3n) is 3.79. The summed E-state index contributed by atoms with van der Waals surface area (Å²) in [6.45, 7) is 2.06. The summed E-state index contributed by atoms with van der Waals surface area (Å²) < 4.78 is 37.9. The number of aromatic nitrogens is 1. The quantitative estimate of drug-likeness (QED) is 0.913.